The maximum Gasteiger partial charge on any atom is 0.259 e. The molecule has 0 fully saturated rings. The molecule has 4 rings (SSSR count). The first-order valence-corrected chi connectivity index (χ1v) is 9.14. The van der Waals surface area contributed by atoms with Crippen molar-refractivity contribution in [2.24, 2.45) is 0 Å². The quantitative estimate of drug-likeness (QED) is 0.714. The molecule has 0 atom stereocenters. The summed E-state index contributed by atoms with van der Waals surface area (Å²) in [5.41, 5.74) is 2.97. The molecule has 3 aromatic rings. The molecule has 0 saturated heterocycles. The van der Waals surface area contributed by atoms with E-state index >= 15 is 0 Å². The molecule has 0 bridgehead atoms. The van der Waals surface area contributed by atoms with Crippen LogP contribution in [0.4, 0.5) is 11.4 Å². The molecule has 1 N–H and O–H groups in total. The van der Waals surface area contributed by atoms with Crippen molar-refractivity contribution in [3.8, 4) is 11.5 Å². The second-order valence-corrected chi connectivity index (χ2v) is 6.62. The molecule has 6 nitrogen and oxygen atoms in total. The Kier molecular flexibility index (Phi) is 4.91. The maximum atomic E-state index is 13.1. The fraction of sp³-hybridized carbons (Fsp3) is 0.130. The number of rotatable bonds is 5. The Bertz CT molecular complexity index is 1080. The van der Waals surface area contributed by atoms with Crippen LogP contribution in [-0.4, -0.2) is 26.0 Å². The van der Waals surface area contributed by atoms with Crippen LogP contribution in [0.3, 0.4) is 0 Å². The van der Waals surface area contributed by atoms with E-state index in [0.29, 0.717) is 29.1 Å². The fourth-order valence-electron chi connectivity index (χ4n) is 3.42. The highest BCUT2D eigenvalue weighted by Gasteiger charge is 2.32. The van der Waals surface area contributed by atoms with Crippen LogP contribution in [0.1, 0.15) is 26.3 Å². The molecule has 6 heteroatoms. The largest absolute Gasteiger partial charge is 0.497 e. The summed E-state index contributed by atoms with van der Waals surface area (Å²) in [4.78, 5) is 27.7. The normalized spacial score (nSPS) is 12.5. The van der Waals surface area contributed by atoms with Crippen molar-refractivity contribution in [2.45, 2.75) is 6.54 Å². The van der Waals surface area contributed by atoms with Crippen molar-refractivity contribution in [3.63, 3.8) is 0 Å². The molecule has 0 saturated carbocycles. The molecule has 0 radical (unpaired) electrons. The zero-order valence-electron chi connectivity index (χ0n) is 16.1. The molecule has 0 spiro atoms. The minimum absolute atomic E-state index is 0.193. The van der Waals surface area contributed by atoms with E-state index in [0.717, 1.165) is 17.0 Å². The van der Waals surface area contributed by atoms with Gasteiger partial charge in [-0.15, -0.1) is 0 Å². The minimum atomic E-state index is -0.333. The number of carbonyl (C=O) groups is 2. The Morgan fingerprint density at radius 2 is 1.66 bits per heavy atom. The van der Waals surface area contributed by atoms with Gasteiger partial charge in [-0.3, -0.25) is 9.59 Å². The zero-order chi connectivity index (χ0) is 20.4. The first-order chi connectivity index (χ1) is 14.1. The van der Waals surface area contributed by atoms with Crippen molar-refractivity contribution in [2.75, 3.05) is 24.4 Å². The van der Waals surface area contributed by atoms with Crippen LogP contribution < -0.4 is 19.7 Å². The predicted molar refractivity (Wildman–Crippen MR) is 111 cm³/mol. The molecule has 0 unspecified atom stereocenters. The summed E-state index contributed by atoms with van der Waals surface area (Å²) in [5, 5.41) is 2.85. The number of methoxy groups -OCH3 is 2. The summed E-state index contributed by atoms with van der Waals surface area (Å²) in [6.07, 6.45) is 0. The van der Waals surface area contributed by atoms with E-state index in [-0.39, 0.29) is 11.8 Å². The fourth-order valence-corrected chi connectivity index (χ4v) is 3.42. The average Bonchev–Trinajstić information content (AvgIpc) is 3.10. The summed E-state index contributed by atoms with van der Waals surface area (Å²) in [7, 11) is 3.16. The number of benzene rings is 3. The third-order valence-electron chi connectivity index (χ3n) is 4.89. The number of fused-ring (bicyclic) bond motifs is 1. The van der Waals surface area contributed by atoms with Gasteiger partial charge in [-0.05, 0) is 48.0 Å². The summed E-state index contributed by atoms with van der Waals surface area (Å²) in [6, 6.07) is 19.7. The number of nitrogens with one attached hydrogen (secondary N) is 1. The summed E-state index contributed by atoms with van der Waals surface area (Å²) in [6.45, 7) is 0.417. The first kappa shape index (κ1) is 18.6. The lowest BCUT2D eigenvalue weighted by Gasteiger charge is -2.16. The van der Waals surface area contributed by atoms with Gasteiger partial charge in [0.1, 0.15) is 11.5 Å². The smallest absolute Gasteiger partial charge is 0.259 e. The molecule has 1 aliphatic heterocycles. The van der Waals surface area contributed by atoms with Crippen LogP contribution in [0, 0.1) is 0 Å². The lowest BCUT2D eigenvalue weighted by molar-refractivity contribution is 0.0976. The van der Waals surface area contributed by atoms with Crippen LogP contribution in [-0.2, 0) is 6.54 Å². The zero-order valence-corrected chi connectivity index (χ0v) is 16.1. The van der Waals surface area contributed by atoms with Crippen LogP contribution in [0.15, 0.2) is 66.7 Å². The molecule has 0 aliphatic carbocycles. The molecule has 2 amide bonds. The van der Waals surface area contributed by atoms with Gasteiger partial charge in [-0.1, -0.05) is 18.2 Å². The Morgan fingerprint density at radius 1 is 0.931 bits per heavy atom. The maximum absolute atomic E-state index is 13.1. The van der Waals surface area contributed by atoms with Crippen molar-refractivity contribution >= 4 is 23.2 Å². The summed E-state index contributed by atoms with van der Waals surface area (Å²) < 4.78 is 10.4. The number of anilines is 2. The van der Waals surface area contributed by atoms with Crippen LogP contribution in [0.2, 0.25) is 0 Å². The van der Waals surface area contributed by atoms with Gasteiger partial charge in [0.15, 0.2) is 0 Å². The van der Waals surface area contributed by atoms with Gasteiger partial charge in [0, 0.05) is 17.4 Å². The topological polar surface area (TPSA) is 67.9 Å². The van der Waals surface area contributed by atoms with E-state index in [1.54, 1.807) is 55.5 Å². The summed E-state index contributed by atoms with van der Waals surface area (Å²) in [5.74, 6) is 0.834. The lowest BCUT2D eigenvalue weighted by Crippen LogP contribution is -2.24. The van der Waals surface area contributed by atoms with Gasteiger partial charge in [0.05, 0.1) is 31.9 Å². The number of hydrogen-bond acceptors (Lipinski definition) is 4. The second-order valence-electron chi connectivity index (χ2n) is 6.62. The van der Waals surface area contributed by atoms with Gasteiger partial charge < -0.3 is 19.7 Å². The van der Waals surface area contributed by atoms with Crippen LogP contribution >= 0.6 is 0 Å². The summed E-state index contributed by atoms with van der Waals surface area (Å²) >= 11 is 0. The monoisotopic (exact) mass is 388 g/mol. The second kappa shape index (κ2) is 7.67. The van der Waals surface area contributed by atoms with Crippen molar-refractivity contribution < 1.29 is 19.1 Å². The molecule has 1 aliphatic rings. The molecule has 1 heterocycles. The number of hydrogen-bond donors (Lipinski definition) is 1. The van der Waals surface area contributed by atoms with Gasteiger partial charge >= 0.3 is 0 Å². The van der Waals surface area contributed by atoms with Gasteiger partial charge in [-0.25, -0.2) is 0 Å². The van der Waals surface area contributed by atoms with Gasteiger partial charge in [-0.2, -0.15) is 0 Å². The van der Waals surface area contributed by atoms with Crippen molar-refractivity contribution in [1.82, 2.24) is 0 Å². The SMILES string of the molecule is COc1ccc(N2Cc3cccc(C(=O)Nc4cccc(OC)c4)c3C2=O)cc1. The van der Waals surface area contributed by atoms with Crippen LogP contribution in [0.25, 0.3) is 0 Å². The van der Waals surface area contributed by atoms with E-state index in [9.17, 15) is 9.59 Å². The van der Waals surface area contributed by atoms with Crippen LogP contribution in [0.5, 0.6) is 11.5 Å². The highest BCUT2D eigenvalue weighted by molar-refractivity contribution is 6.18. The third kappa shape index (κ3) is 3.52. The molecule has 146 valence electrons. The molecule has 29 heavy (non-hydrogen) atoms. The van der Waals surface area contributed by atoms with E-state index in [4.69, 9.17) is 9.47 Å². The Morgan fingerprint density at radius 3 is 2.38 bits per heavy atom. The molecule has 0 aromatic heterocycles. The Labute approximate surface area is 168 Å². The first-order valence-electron chi connectivity index (χ1n) is 9.14. The number of nitrogens with zero attached hydrogens (tertiary/aromatic N) is 1. The standard InChI is InChI=1S/C23H20N2O4/c1-28-18-11-9-17(10-12-18)25-14-15-5-3-8-20(21(15)23(25)27)22(26)24-16-6-4-7-19(13-16)29-2/h3-13H,14H2,1-2H3,(H,24,26). The Balaban J connectivity index is 1.62. The van der Waals surface area contributed by atoms with Crippen molar-refractivity contribution in [1.29, 1.82) is 0 Å². The lowest BCUT2D eigenvalue weighted by atomic mass is 10.0. The highest BCUT2D eigenvalue weighted by Crippen LogP contribution is 2.32. The molecular weight excluding hydrogens is 368 g/mol. The third-order valence-corrected chi connectivity index (χ3v) is 4.89. The average molecular weight is 388 g/mol. The number of amides is 2. The van der Waals surface area contributed by atoms with Gasteiger partial charge in [0.2, 0.25) is 0 Å². The molecular formula is C23H20N2O4. The predicted octanol–water partition coefficient (Wildman–Crippen LogP) is 4.12. The van der Waals surface area contributed by atoms with E-state index in [1.807, 2.05) is 30.3 Å². The Hall–Kier alpha value is -3.80. The number of carbonyl (C=O) groups excluding carboxylic acids is 2. The van der Waals surface area contributed by atoms with E-state index in [1.165, 1.54) is 0 Å². The molecule has 3 aromatic carbocycles. The van der Waals surface area contributed by atoms with Crippen molar-refractivity contribution in [3.05, 3.63) is 83.4 Å². The van der Waals surface area contributed by atoms with E-state index in [2.05, 4.69) is 5.32 Å². The van der Waals surface area contributed by atoms with E-state index < -0.39 is 0 Å². The van der Waals surface area contributed by atoms with Gasteiger partial charge in [0.25, 0.3) is 11.8 Å². The number of ether oxygens (including phenoxy) is 2. The minimum Gasteiger partial charge on any atom is -0.497 e. The highest BCUT2D eigenvalue weighted by atomic mass is 16.5.